The predicted molar refractivity (Wildman–Crippen MR) is 84.7 cm³/mol. The molecule has 0 radical (unpaired) electrons. The summed E-state index contributed by atoms with van der Waals surface area (Å²) in [7, 11) is -1.88. The van der Waals surface area contributed by atoms with E-state index in [0.717, 1.165) is 5.92 Å². The molecule has 1 aromatic heterocycles. The Kier molecular flexibility index (Phi) is 4.43. The second-order valence-corrected chi connectivity index (χ2v) is 9.21. The molecule has 3 unspecified atom stereocenters. The Morgan fingerprint density at radius 3 is 2.71 bits per heavy atom. The summed E-state index contributed by atoms with van der Waals surface area (Å²) >= 11 is 8.88. The van der Waals surface area contributed by atoms with Gasteiger partial charge in [-0.1, -0.05) is 6.42 Å². The number of sulfonamides is 1. The summed E-state index contributed by atoms with van der Waals surface area (Å²) in [5, 5.41) is 0. The summed E-state index contributed by atoms with van der Waals surface area (Å²) in [5.74, 6) is 2.64. The zero-order chi connectivity index (χ0) is 15.2. The zero-order valence-electron chi connectivity index (χ0n) is 11.9. The summed E-state index contributed by atoms with van der Waals surface area (Å²) in [6.07, 6.45) is 5.04. The van der Waals surface area contributed by atoms with E-state index in [1.165, 1.54) is 36.1 Å². The molecule has 21 heavy (non-hydrogen) atoms. The first kappa shape index (κ1) is 15.8. The molecular weight excluding hydrogens is 378 g/mol. The first-order chi connectivity index (χ1) is 9.91. The maximum Gasteiger partial charge on any atom is 0.247 e. The van der Waals surface area contributed by atoms with Gasteiger partial charge in [0.1, 0.15) is 10.7 Å². The van der Waals surface area contributed by atoms with E-state index in [9.17, 15) is 8.42 Å². The van der Waals surface area contributed by atoms with Crippen molar-refractivity contribution in [2.75, 3.05) is 13.6 Å². The molecule has 2 fully saturated rings. The van der Waals surface area contributed by atoms with Gasteiger partial charge in [-0.05, 0) is 52.9 Å². The van der Waals surface area contributed by atoms with Crippen LogP contribution in [-0.4, -0.2) is 26.3 Å². The molecule has 3 atom stereocenters. The zero-order valence-corrected chi connectivity index (χ0v) is 15.0. The molecule has 7 heteroatoms. The number of halogens is 2. The fourth-order valence-corrected chi connectivity index (χ4v) is 6.15. The lowest BCUT2D eigenvalue weighted by atomic mass is 9.89. The van der Waals surface area contributed by atoms with Gasteiger partial charge in [0, 0.05) is 19.7 Å². The minimum absolute atomic E-state index is 0.157. The van der Waals surface area contributed by atoms with Gasteiger partial charge in [-0.3, -0.25) is 0 Å². The molecule has 0 saturated heterocycles. The van der Waals surface area contributed by atoms with E-state index in [1.807, 2.05) is 0 Å². The lowest BCUT2D eigenvalue weighted by molar-refractivity contribution is 0.280. The van der Waals surface area contributed by atoms with Crippen LogP contribution in [0.15, 0.2) is 20.0 Å². The molecule has 0 spiro atoms. The number of alkyl halides is 1. The lowest BCUT2D eigenvalue weighted by Crippen LogP contribution is -2.33. The van der Waals surface area contributed by atoms with Gasteiger partial charge < -0.3 is 4.42 Å². The first-order valence-electron chi connectivity index (χ1n) is 7.22. The first-order valence-corrected chi connectivity index (χ1v) is 9.99. The third kappa shape index (κ3) is 2.92. The lowest BCUT2D eigenvalue weighted by Gasteiger charge is -2.26. The fourth-order valence-electron chi connectivity index (χ4n) is 3.84. The van der Waals surface area contributed by atoms with Crippen LogP contribution in [0.2, 0.25) is 0 Å². The number of rotatable bonds is 5. The summed E-state index contributed by atoms with van der Waals surface area (Å²) in [5.41, 5.74) is 0. The molecule has 3 rings (SSSR count). The van der Waals surface area contributed by atoms with Crippen LogP contribution in [-0.2, 0) is 15.9 Å². The Morgan fingerprint density at radius 1 is 1.43 bits per heavy atom. The molecule has 2 saturated carbocycles. The molecule has 1 aromatic rings. The number of fused-ring (bicyclic) bond motifs is 2. The second-order valence-electron chi connectivity index (χ2n) is 6.20. The highest BCUT2D eigenvalue weighted by Crippen LogP contribution is 2.48. The molecule has 2 bridgehead atoms. The van der Waals surface area contributed by atoms with E-state index in [4.69, 9.17) is 16.0 Å². The van der Waals surface area contributed by atoms with Crippen molar-refractivity contribution >= 4 is 37.6 Å². The maximum absolute atomic E-state index is 12.7. The highest BCUT2D eigenvalue weighted by Gasteiger charge is 2.41. The van der Waals surface area contributed by atoms with Crippen LogP contribution in [0.25, 0.3) is 0 Å². The van der Waals surface area contributed by atoms with Crippen LogP contribution in [0.4, 0.5) is 0 Å². The van der Waals surface area contributed by atoms with Gasteiger partial charge in [0.25, 0.3) is 0 Å². The molecule has 0 amide bonds. The molecular formula is C14H19BrClNO3S. The van der Waals surface area contributed by atoms with Crippen molar-refractivity contribution in [3.63, 3.8) is 0 Å². The van der Waals surface area contributed by atoms with Crippen molar-refractivity contribution in [2.45, 2.75) is 36.5 Å². The Labute approximate surface area is 139 Å². The van der Waals surface area contributed by atoms with Gasteiger partial charge in [0.2, 0.25) is 10.0 Å². The van der Waals surface area contributed by atoms with E-state index in [2.05, 4.69) is 15.9 Å². The fraction of sp³-hybridized carbons (Fsp3) is 0.714. The molecule has 2 aliphatic carbocycles. The Balaban J connectivity index is 1.76. The molecule has 2 aliphatic rings. The van der Waals surface area contributed by atoms with E-state index < -0.39 is 10.0 Å². The minimum atomic E-state index is -3.53. The number of hydrogen-bond acceptors (Lipinski definition) is 3. The standard InChI is InChI=1S/C14H19BrClNO3S/c1-17(8-11-5-9-2-3-10(11)4-9)21(18,19)13-6-12(7-16)20-14(13)15/h6,9-11H,2-5,7-8H2,1H3. The van der Waals surface area contributed by atoms with Gasteiger partial charge in [-0.25, -0.2) is 12.7 Å². The number of hydrogen-bond donors (Lipinski definition) is 0. The summed E-state index contributed by atoms with van der Waals surface area (Å²) < 4.78 is 32.3. The topological polar surface area (TPSA) is 50.5 Å². The Morgan fingerprint density at radius 2 is 2.19 bits per heavy atom. The Bertz CT molecular complexity index is 630. The van der Waals surface area contributed by atoms with Crippen LogP contribution >= 0.6 is 27.5 Å². The van der Waals surface area contributed by atoms with Gasteiger partial charge in [0.15, 0.2) is 4.67 Å². The smallest absolute Gasteiger partial charge is 0.247 e. The largest absolute Gasteiger partial charge is 0.452 e. The van der Waals surface area contributed by atoms with Crippen molar-refractivity contribution in [3.8, 4) is 0 Å². The highest BCUT2D eigenvalue weighted by molar-refractivity contribution is 9.10. The van der Waals surface area contributed by atoms with E-state index >= 15 is 0 Å². The Hall–Kier alpha value is -0.0400. The van der Waals surface area contributed by atoms with Gasteiger partial charge in [-0.15, -0.1) is 11.6 Å². The summed E-state index contributed by atoms with van der Waals surface area (Å²) in [4.78, 5) is 0.170. The maximum atomic E-state index is 12.7. The van der Waals surface area contributed by atoms with Crippen molar-refractivity contribution in [3.05, 3.63) is 16.5 Å². The second kappa shape index (κ2) is 5.87. The summed E-state index contributed by atoms with van der Waals surface area (Å²) in [6.45, 7) is 0.595. The molecule has 4 nitrogen and oxygen atoms in total. The molecule has 0 aliphatic heterocycles. The van der Waals surface area contributed by atoms with Crippen LogP contribution in [0, 0.1) is 17.8 Å². The summed E-state index contributed by atoms with van der Waals surface area (Å²) in [6, 6.07) is 1.50. The minimum Gasteiger partial charge on any atom is -0.452 e. The average molecular weight is 397 g/mol. The molecule has 118 valence electrons. The highest BCUT2D eigenvalue weighted by atomic mass is 79.9. The quantitative estimate of drug-likeness (QED) is 0.711. The third-order valence-corrected chi connectivity index (χ3v) is 7.85. The van der Waals surface area contributed by atoms with Gasteiger partial charge in [0.05, 0.1) is 5.88 Å². The molecule has 1 heterocycles. The molecule has 0 aromatic carbocycles. The van der Waals surface area contributed by atoms with Crippen LogP contribution in [0.1, 0.15) is 31.4 Å². The predicted octanol–water partition coefficient (Wildman–Crippen LogP) is 3.84. The average Bonchev–Trinajstić information content (AvgIpc) is 3.13. The number of furan rings is 1. The normalized spacial score (nSPS) is 28.7. The van der Waals surface area contributed by atoms with Crippen molar-refractivity contribution in [2.24, 2.45) is 17.8 Å². The van der Waals surface area contributed by atoms with Gasteiger partial charge in [-0.2, -0.15) is 0 Å². The van der Waals surface area contributed by atoms with Crippen LogP contribution < -0.4 is 0 Å². The van der Waals surface area contributed by atoms with E-state index in [1.54, 1.807) is 7.05 Å². The van der Waals surface area contributed by atoms with E-state index in [0.29, 0.717) is 24.1 Å². The SMILES string of the molecule is CN(CC1CC2CCC1C2)S(=O)(=O)c1cc(CCl)oc1Br. The van der Waals surface area contributed by atoms with Crippen molar-refractivity contribution in [1.29, 1.82) is 0 Å². The number of nitrogens with zero attached hydrogens (tertiary/aromatic N) is 1. The third-order valence-electron chi connectivity index (χ3n) is 4.90. The van der Waals surface area contributed by atoms with Crippen molar-refractivity contribution < 1.29 is 12.8 Å². The molecule has 0 N–H and O–H groups in total. The van der Waals surface area contributed by atoms with Crippen LogP contribution in [0.3, 0.4) is 0 Å². The van der Waals surface area contributed by atoms with Gasteiger partial charge >= 0.3 is 0 Å². The van der Waals surface area contributed by atoms with Crippen molar-refractivity contribution in [1.82, 2.24) is 4.31 Å². The van der Waals surface area contributed by atoms with E-state index in [-0.39, 0.29) is 15.4 Å². The monoisotopic (exact) mass is 395 g/mol. The van der Waals surface area contributed by atoms with Crippen LogP contribution in [0.5, 0.6) is 0 Å².